The fourth-order valence-corrected chi connectivity index (χ4v) is 2.80. The van der Waals surface area contributed by atoms with Gasteiger partial charge in [-0.3, -0.25) is 4.90 Å². The highest BCUT2D eigenvalue weighted by molar-refractivity contribution is 5.66. The predicted molar refractivity (Wildman–Crippen MR) is 92.4 cm³/mol. The van der Waals surface area contributed by atoms with Crippen molar-refractivity contribution in [3.05, 3.63) is 48.3 Å². The molecule has 7 nitrogen and oxygen atoms in total. The molecule has 1 aliphatic heterocycles. The van der Waals surface area contributed by atoms with Crippen molar-refractivity contribution in [2.75, 3.05) is 20.1 Å². The zero-order valence-electron chi connectivity index (χ0n) is 14.2. The largest absolute Gasteiger partial charge is 0.446 e. The highest BCUT2D eigenvalue weighted by Crippen LogP contribution is 2.21. The minimum absolute atomic E-state index is 0.00102. The Morgan fingerprint density at radius 1 is 1.24 bits per heavy atom. The van der Waals surface area contributed by atoms with Crippen LogP contribution >= 0.6 is 0 Å². The van der Waals surface area contributed by atoms with Crippen molar-refractivity contribution in [3.63, 3.8) is 0 Å². The first-order valence-corrected chi connectivity index (χ1v) is 8.37. The lowest BCUT2D eigenvalue weighted by molar-refractivity contribution is 0.0498. The van der Waals surface area contributed by atoms with E-state index in [1.165, 1.54) is 5.56 Å². The first-order valence-electron chi connectivity index (χ1n) is 8.37. The van der Waals surface area contributed by atoms with Crippen LogP contribution in [0.3, 0.4) is 0 Å². The summed E-state index contributed by atoms with van der Waals surface area (Å²) in [5.74, 6) is 0.724. The number of nitrogens with zero attached hydrogens (tertiary/aromatic N) is 3. The Hall–Kier alpha value is -2.67. The van der Waals surface area contributed by atoms with Gasteiger partial charge in [0, 0.05) is 39.1 Å². The molecular weight excluding hydrogens is 320 g/mol. The van der Waals surface area contributed by atoms with E-state index < -0.39 is 0 Å². The topological polar surface area (TPSA) is 76.6 Å². The van der Waals surface area contributed by atoms with E-state index in [1.807, 2.05) is 18.2 Å². The molecular formula is C18H22N4O3. The van der Waals surface area contributed by atoms with Gasteiger partial charge in [0.25, 0.3) is 0 Å². The SMILES string of the molecule is CNC(=O)OC1CCN(Cc2cccc(Oc3ncccn3)c2)CC1. The number of rotatable bonds is 5. The number of carbonyl (C=O) groups excluding carboxylic acids is 1. The molecule has 1 N–H and O–H groups in total. The first kappa shape index (κ1) is 17.2. The second kappa shape index (κ2) is 8.43. The molecule has 25 heavy (non-hydrogen) atoms. The highest BCUT2D eigenvalue weighted by atomic mass is 16.6. The number of aromatic nitrogens is 2. The standard InChI is InChI=1S/C18H22N4O3/c1-19-18(23)25-15-6-10-22(11-7-15)13-14-4-2-5-16(12-14)24-17-20-8-3-9-21-17/h2-5,8-9,12,15H,6-7,10-11,13H2,1H3,(H,19,23). The van der Waals surface area contributed by atoms with Crippen LogP contribution < -0.4 is 10.1 Å². The second-order valence-electron chi connectivity index (χ2n) is 5.91. The van der Waals surface area contributed by atoms with E-state index in [0.717, 1.165) is 38.2 Å². The van der Waals surface area contributed by atoms with E-state index in [2.05, 4.69) is 26.3 Å². The van der Waals surface area contributed by atoms with Crippen LogP contribution in [0.4, 0.5) is 4.79 Å². The number of nitrogens with one attached hydrogen (secondary N) is 1. The van der Waals surface area contributed by atoms with Crippen molar-refractivity contribution in [2.24, 2.45) is 0 Å². The van der Waals surface area contributed by atoms with Gasteiger partial charge < -0.3 is 14.8 Å². The third-order valence-corrected chi connectivity index (χ3v) is 4.07. The summed E-state index contributed by atoms with van der Waals surface area (Å²) in [7, 11) is 1.58. The lowest BCUT2D eigenvalue weighted by Crippen LogP contribution is -2.38. The van der Waals surface area contributed by atoms with Gasteiger partial charge in [0.2, 0.25) is 0 Å². The predicted octanol–water partition coefficient (Wildman–Crippen LogP) is 2.59. The molecule has 0 radical (unpaired) electrons. The van der Waals surface area contributed by atoms with E-state index in [4.69, 9.17) is 9.47 Å². The third kappa shape index (κ3) is 5.15. The molecule has 1 aliphatic rings. The van der Waals surface area contributed by atoms with E-state index in [9.17, 15) is 4.79 Å². The van der Waals surface area contributed by atoms with Crippen LogP contribution in [0.15, 0.2) is 42.7 Å². The maximum Gasteiger partial charge on any atom is 0.407 e. The lowest BCUT2D eigenvalue weighted by atomic mass is 10.1. The molecule has 1 amide bonds. The Labute approximate surface area is 147 Å². The number of ether oxygens (including phenoxy) is 2. The van der Waals surface area contributed by atoms with Gasteiger partial charge >= 0.3 is 12.1 Å². The molecule has 7 heteroatoms. The van der Waals surface area contributed by atoms with Crippen LogP contribution in [0.1, 0.15) is 18.4 Å². The van der Waals surface area contributed by atoms with Crippen LogP contribution in [0, 0.1) is 0 Å². The Morgan fingerprint density at radius 2 is 2.00 bits per heavy atom. The van der Waals surface area contributed by atoms with Gasteiger partial charge in [-0.1, -0.05) is 12.1 Å². The number of carbonyl (C=O) groups is 1. The van der Waals surface area contributed by atoms with Crippen LogP contribution in [0.2, 0.25) is 0 Å². The minimum atomic E-state index is -0.355. The van der Waals surface area contributed by atoms with Crippen molar-refractivity contribution >= 4 is 6.09 Å². The quantitative estimate of drug-likeness (QED) is 0.900. The van der Waals surface area contributed by atoms with Gasteiger partial charge in [-0.2, -0.15) is 0 Å². The maximum atomic E-state index is 11.3. The average molecular weight is 342 g/mol. The van der Waals surface area contributed by atoms with E-state index >= 15 is 0 Å². The van der Waals surface area contributed by atoms with Gasteiger partial charge in [-0.05, 0) is 36.6 Å². The summed E-state index contributed by atoms with van der Waals surface area (Å²) < 4.78 is 11.0. The monoisotopic (exact) mass is 342 g/mol. The molecule has 1 saturated heterocycles. The normalized spacial score (nSPS) is 15.6. The molecule has 0 atom stereocenters. The summed E-state index contributed by atoms with van der Waals surface area (Å²) in [6.45, 7) is 2.63. The Morgan fingerprint density at radius 3 is 2.72 bits per heavy atom. The molecule has 0 saturated carbocycles. The summed E-state index contributed by atoms with van der Waals surface area (Å²) in [6.07, 6.45) is 4.64. The molecule has 132 valence electrons. The fraction of sp³-hybridized carbons (Fsp3) is 0.389. The summed E-state index contributed by atoms with van der Waals surface area (Å²) in [4.78, 5) is 21.8. The highest BCUT2D eigenvalue weighted by Gasteiger charge is 2.22. The number of amides is 1. The van der Waals surface area contributed by atoms with Gasteiger partial charge in [-0.25, -0.2) is 14.8 Å². The minimum Gasteiger partial charge on any atom is -0.446 e. The van der Waals surface area contributed by atoms with Gasteiger partial charge in [0.05, 0.1) is 0 Å². The number of likely N-dealkylation sites (tertiary alicyclic amines) is 1. The molecule has 0 spiro atoms. The smallest absolute Gasteiger partial charge is 0.407 e. The first-order chi connectivity index (χ1) is 12.2. The molecule has 0 unspecified atom stereocenters. The second-order valence-corrected chi connectivity index (χ2v) is 5.91. The average Bonchev–Trinajstić information content (AvgIpc) is 2.64. The molecule has 0 aliphatic carbocycles. The van der Waals surface area contributed by atoms with E-state index in [1.54, 1.807) is 25.5 Å². The summed E-state index contributed by atoms with van der Waals surface area (Å²) in [5, 5.41) is 2.49. The van der Waals surface area contributed by atoms with Crippen LogP contribution in [-0.4, -0.2) is 47.2 Å². The Kier molecular flexibility index (Phi) is 5.79. The zero-order valence-corrected chi connectivity index (χ0v) is 14.2. The van der Waals surface area contributed by atoms with Crippen LogP contribution in [-0.2, 0) is 11.3 Å². The Balaban J connectivity index is 1.52. The molecule has 1 aromatic heterocycles. The number of hydrogen-bond donors (Lipinski definition) is 1. The summed E-state index contributed by atoms with van der Waals surface area (Å²) >= 11 is 0. The van der Waals surface area contributed by atoms with Gasteiger partial charge in [-0.15, -0.1) is 0 Å². The van der Waals surface area contributed by atoms with Crippen LogP contribution in [0.5, 0.6) is 11.8 Å². The maximum absolute atomic E-state index is 11.3. The Bertz CT molecular complexity index is 688. The van der Waals surface area contributed by atoms with Crippen molar-refractivity contribution in [2.45, 2.75) is 25.5 Å². The van der Waals surface area contributed by atoms with Gasteiger partial charge in [0.15, 0.2) is 0 Å². The number of hydrogen-bond acceptors (Lipinski definition) is 6. The van der Waals surface area contributed by atoms with E-state index in [-0.39, 0.29) is 12.2 Å². The summed E-state index contributed by atoms with van der Waals surface area (Å²) in [6, 6.07) is 10.0. The molecule has 1 fully saturated rings. The molecule has 3 rings (SSSR count). The molecule has 1 aromatic carbocycles. The molecule has 2 aromatic rings. The number of alkyl carbamates (subject to hydrolysis) is 1. The zero-order chi connectivity index (χ0) is 17.5. The number of benzene rings is 1. The number of piperidine rings is 1. The van der Waals surface area contributed by atoms with E-state index in [0.29, 0.717) is 6.01 Å². The van der Waals surface area contributed by atoms with Crippen LogP contribution in [0.25, 0.3) is 0 Å². The van der Waals surface area contributed by atoms with Gasteiger partial charge in [0.1, 0.15) is 11.9 Å². The summed E-state index contributed by atoms with van der Waals surface area (Å²) in [5.41, 5.74) is 1.17. The van der Waals surface area contributed by atoms with Crippen molar-refractivity contribution in [1.29, 1.82) is 0 Å². The fourth-order valence-electron chi connectivity index (χ4n) is 2.80. The molecule has 0 bridgehead atoms. The van der Waals surface area contributed by atoms with Crippen molar-refractivity contribution in [1.82, 2.24) is 20.2 Å². The lowest BCUT2D eigenvalue weighted by Gasteiger charge is -2.31. The van der Waals surface area contributed by atoms with Crippen molar-refractivity contribution in [3.8, 4) is 11.8 Å². The molecule has 2 heterocycles. The third-order valence-electron chi connectivity index (χ3n) is 4.07. The van der Waals surface area contributed by atoms with Crippen molar-refractivity contribution < 1.29 is 14.3 Å².